The first kappa shape index (κ1) is 18.4. The lowest BCUT2D eigenvalue weighted by molar-refractivity contribution is -0.137. The van der Waals surface area contributed by atoms with E-state index in [4.69, 9.17) is 0 Å². The van der Waals surface area contributed by atoms with Gasteiger partial charge in [0.05, 0.1) is 18.0 Å². The van der Waals surface area contributed by atoms with Crippen LogP contribution in [0.15, 0.2) is 60.9 Å². The van der Waals surface area contributed by atoms with Gasteiger partial charge in [-0.3, -0.25) is 4.79 Å². The van der Waals surface area contributed by atoms with Crippen LogP contribution < -0.4 is 10.6 Å². The predicted molar refractivity (Wildman–Crippen MR) is 95.9 cm³/mol. The summed E-state index contributed by atoms with van der Waals surface area (Å²) in [5, 5.41) is 5.42. The molecule has 0 spiro atoms. The fourth-order valence-corrected chi connectivity index (χ4v) is 2.26. The number of carbonyl (C=O) groups excluding carboxylic acids is 1. The van der Waals surface area contributed by atoms with Crippen LogP contribution in [0, 0.1) is 6.92 Å². The summed E-state index contributed by atoms with van der Waals surface area (Å²) < 4.78 is 38.2. The molecular weight excluding hydrogens is 357 g/mol. The van der Waals surface area contributed by atoms with E-state index < -0.39 is 17.6 Å². The van der Waals surface area contributed by atoms with Gasteiger partial charge in [0, 0.05) is 11.4 Å². The number of aromatic nitrogens is 2. The largest absolute Gasteiger partial charge is 0.416 e. The first-order chi connectivity index (χ1) is 12.8. The van der Waals surface area contributed by atoms with Crippen molar-refractivity contribution in [3.05, 3.63) is 77.7 Å². The van der Waals surface area contributed by atoms with E-state index in [9.17, 15) is 18.0 Å². The summed E-state index contributed by atoms with van der Waals surface area (Å²) in [7, 11) is 0. The third-order valence-corrected chi connectivity index (χ3v) is 3.66. The van der Waals surface area contributed by atoms with Gasteiger partial charge in [0.1, 0.15) is 11.5 Å². The van der Waals surface area contributed by atoms with Crippen LogP contribution in [0.1, 0.15) is 21.6 Å². The summed E-state index contributed by atoms with van der Waals surface area (Å²) in [4.78, 5) is 20.2. The minimum Gasteiger partial charge on any atom is -0.339 e. The van der Waals surface area contributed by atoms with E-state index in [0.717, 1.165) is 17.7 Å². The summed E-state index contributed by atoms with van der Waals surface area (Å²) in [5.74, 6) is -0.210. The molecule has 1 heterocycles. The van der Waals surface area contributed by atoms with Gasteiger partial charge in [0.25, 0.3) is 5.91 Å². The molecule has 0 unspecified atom stereocenters. The van der Waals surface area contributed by atoms with Crippen LogP contribution in [0.4, 0.5) is 30.4 Å². The third-order valence-electron chi connectivity index (χ3n) is 3.66. The number of halogens is 3. The van der Waals surface area contributed by atoms with Gasteiger partial charge in [-0.25, -0.2) is 9.97 Å². The summed E-state index contributed by atoms with van der Waals surface area (Å²) in [5.41, 5.74) is 1.23. The maximum absolute atomic E-state index is 12.7. The normalized spacial score (nSPS) is 11.1. The van der Waals surface area contributed by atoms with Crippen LogP contribution >= 0.6 is 0 Å². The third kappa shape index (κ3) is 4.81. The zero-order valence-corrected chi connectivity index (χ0v) is 14.2. The Morgan fingerprint density at radius 2 is 1.70 bits per heavy atom. The highest BCUT2D eigenvalue weighted by molar-refractivity contribution is 6.02. The van der Waals surface area contributed by atoms with Crippen molar-refractivity contribution >= 4 is 23.1 Å². The molecule has 27 heavy (non-hydrogen) atoms. The van der Waals surface area contributed by atoms with E-state index in [1.807, 2.05) is 19.1 Å². The zero-order valence-electron chi connectivity index (χ0n) is 14.2. The van der Waals surface area contributed by atoms with Crippen molar-refractivity contribution in [2.24, 2.45) is 0 Å². The highest BCUT2D eigenvalue weighted by atomic mass is 19.4. The van der Waals surface area contributed by atoms with Crippen LogP contribution in [0.25, 0.3) is 0 Å². The van der Waals surface area contributed by atoms with Crippen molar-refractivity contribution in [1.82, 2.24) is 9.97 Å². The van der Waals surface area contributed by atoms with Crippen molar-refractivity contribution < 1.29 is 18.0 Å². The standard InChI is InChI=1S/C19H15F3N4O/c1-12-5-7-14(8-6-12)26-18(27)16-10-24-17(11-23-16)25-15-4-2-3-13(9-15)19(20,21)22/h2-11H,1H3,(H,24,25)(H,26,27). The number of hydrogen-bond donors (Lipinski definition) is 2. The van der Waals surface area contributed by atoms with Gasteiger partial charge in [0.2, 0.25) is 0 Å². The number of benzene rings is 2. The van der Waals surface area contributed by atoms with Crippen LogP contribution in [-0.4, -0.2) is 15.9 Å². The second-order valence-corrected chi connectivity index (χ2v) is 5.81. The first-order valence-corrected chi connectivity index (χ1v) is 7.95. The number of anilines is 3. The predicted octanol–water partition coefficient (Wildman–Crippen LogP) is 4.80. The molecule has 1 aromatic heterocycles. The SMILES string of the molecule is Cc1ccc(NC(=O)c2cnc(Nc3cccc(C(F)(F)F)c3)cn2)cc1. The Bertz CT molecular complexity index is 938. The van der Waals surface area contributed by atoms with Crippen LogP contribution in [0.3, 0.4) is 0 Å². The second-order valence-electron chi connectivity index (χ2n) is 5.81. The Balaban J connectivity index is 1.68. The highest BCUT2D eigenvalue weighted by Crippen LogP contribution is 2.31. The quantitative estimate of drug-likeness (QED) is 0.690. The summed E-state index contributed by atoms with van der Waals surface area (Å²) in [6, 6.07) is 12.0. The highest BCUT2D eigenvalue weighted by Gasteiger charge is 2.30. The zero-order chi connectivity index (χ0) is 19.4. The topological polar surface area (TPSA) is 66.9 Å². The molecule has 3 rings (SSSR count). The van der Waals surface area contributed by atoms with Gasteiger partial charge in [-0.05, 0) is 37.3 Å². The number of nitrogens with zero attached hydrogens (tertiary/aromatic N) is 2. The fourth-order valence-electron chi connectivity index (χ4n) is 2.26. The average molecular weight is 372 g/mol. The number of alkyl halides is 3. The molecule has 1 amide bonds. The molecule has 0 saturated heterocycles. The van der Waals surface area contributed by atoms with Crippen molar-refractivity contribution in [1.29, 1.82) is 0 Å². The Morgan fingerprint density at radius 3 is 2.33 bits per heavy atom. The first-order valence-electron chi connectivity index (χ1n) is 7.95. The number of carbonyl (C=O) groups is 1. The number of aryl methyl sites for hydroxylation is 1. The molecule has 0 aliphatic rings. The molecule has 8 heteroatoms. The van der Waals surface area contributed by atoms with Crippen molar-refractivity contribution in [3.8, 4) is 0 Å². The molecular formula is C19H15F3N4O. The minimum absolute atomic E-state index is 0.0881. The van der Waals surface area contributed by atoms with Crippen LogP contribution in [0.2, 0.25) is 0 Å². The Hall–Kier alpha value is -3.42. The average Bonchev–Trinajstić information content (AvgIpc) is 2.64. The fraction of sp³-hybridized carbons (Fsp3) is 0.105. The van der Waals surface area contributed by atoms with Crippen LogP contribution in [-0.2, 0) is 6.18 Å². The van der Waals surface area contributed by atoms with E-state index in [1.165, 1.54) is 24.5 Å². The molecule has 0 atom stereocenters. The number of rotatable bonds is 4. The lowest BCUT2D eigenvalue weighted by Gasteiger charge is -2.10. The molecule has 0 radical (unpaired) electrons. The van der Waals surface area contributed by atoms with E-state index in [1.54, 1.807) is 12.1 Å². The van der Waals surface area contributed by atoms with Crippen molar-refractivity contribution in [2.45, 2.75) is 13.1 Å². The molecule has 0 aliphatic heterocycles. The molecule has 2 N–H and O–H groups in total. The monoisotopic (exact) mass is 372 g/mol. The van der Waals surface area contributed by atoms with Gasteiger partial charge >= 0.3 is 6.18 Å². The maximum atomic E-state index is 12.7. The Labute approximate surface area is 153 Å². The second kappa shape index (κ2) is 7.45. The lowest BCUT2D eigenvalue weighted by atomic mass is 10.2. The minimum atomic E-state index is -4.43. The molecule has 3 aromatic rings. The van der Waals surface area contributed by atoms with Gasteiger partial charge in [0.15, 0.2) is 0 Å². The smallest absolute Gasteiger partial charge is 0.339 e. The number of hydrogen-bond acceptors (Lipinski definition) is 4. The van der Waals surface area contributed by atoms with Crippen molar-refractivity contribution in [2.75, 3.05) is 10.6 Å². The molecule has 2 aromatic carbocycles. The summed E-state index contributed by atoms with van der Waals surface area (Å²) >= 11 is 0. The maximum Gasteiger partial charge on any atom is 0.416 e. The van der Waals surface area contributed by atoms with Gasteiger partial charge < -0.3 is 10.6 Å². The van der Waals surface area contributed by atoms with Crippen molar-refractivity contribution in [3.63, 3.8) is 0 Å². The summed E-state index contributed by atoms with van der Waals surface area (Å²) in [6.07, 6.45) is -1.90. The lowest BCUT2D eigenvalue weighted by Crippen LogP contribution is -2.14. The molecule has 0 aliphatic carbocycles. The molecule has 138 valence electrons. The van der Waals surface area contributed by atoms with E-state index in [0.29, 0.717) is 5.69 Å². The van der Waals surface area contributed by atoms with Gasteiger partial charge in [-0.1, -0.05) is 23.8 Å². The van der Waals surface area contributed by atoms with E-state index in [-0.39, 0.29) is 17.2 Å². The number of nitrogens with one attached hydrogen (secondary N) is 2. The number of amides is 1. The molecule has 5 nitrogen and oxygen atoms in total. The summed E-state index contributed by atoms with van der Waals surface area (Å²) in [6.45, 7) is 1.94. The van der Waals surface area contributed by atoms with E-state index >= 15 is 0 Å². The molecule has 0 fully saturated rings. The molecule has 0 bridgehead atoms. The molecule has 0 saturated carbocycles. The Kier molecular flexibility index (Phi) is 5.07. The van der Waals surface area contributed by atoms with Gasteiger partial charge in [-0.2, -0.15) is 13.2 Å². The van der Waals surface area contributed by atoms with Crippen LogP contribution in [0.5, 0.6) is 0 Å². The van der Waals surface area contributed by atoms with Gasteiger partial charge in [-0.15, -0.1) is 0 Å². The Morgan fingerprint density at radius 1 is 0.963 bits per heavy atom. The van der Waals surface area contributed by atoms with E-state index in [2.05, 4.69) is 20.6 Å².